The largest absolute Gasteiger partial charge is 0.439 e. The number of aliphatic imine (C=N–C) groups is 1. The number of hydrogen-bond donors (Lipinski definition) is 0. The number of rotatable bonds is 2. The summed E-state index contributed by atoms with van der Waals surface area (Å²) in [5, 5.41) is 0. The van der Waals surface area contributed by atoms with E-state index in [1.54, 1.807) is 0 Å². The molecule has 0 spiro atoms. The summed E-state index contributed by atoms with van der Waals surface area (Å²) in [7, 11) is 0. The average molecular weight is 160 g/mol. The minimum absolute atomic E-state index is 0.439. The number of aromatic nitrogens is 1. The van der Waals surface area contributed by atoms with Crippen LogP contribution in [0.4, 0.5) is 0 Å². The van der Waals surface area contributed by atoms with Crippen LogP contribution in [0.1, 0.15) is 5.89 Å². The normalized spacial score (nSPS) is 10.3. The molecule has 0 saturated carbocycles. The third-order valence-electron chi connectivity index (χ3n) is 1.59. The molecule has 1 aromatic carbocycles. The van der Waals surface area contributed by atoms with Gasteiger partial charge in [-0.05, 0) is 18.9 Å². The molecule has 12 heavy (non-hydrogen) atoms. The molecule has 0 bridgehead atoms. The van der Waals surface area contributed by atoms with E-state index < -0.39 is 0 Å². The van der Waals surface area contributed by atoms with Crippen molar-refractivity contribution in [1.82, 2.24) is 4.98 Å². The number of fused-ring (bicyclic) bond motifs is 1. The Hall–Kier alpha value is -1.64. The van der Waals surface area contributed by atoms with Crippen LogP contribution in [0.2, 0.25) is 0 Å². The molecule has 0 aliphatic rings. The molecule has 0 aliphatic carbocycles. The van der Waals surface area contributed by atoms with Crippen LogP contribution in [0.15, 0.2) is 33.7 Å². The molecule has 1 heterocycles. The van der Waals surface area contributed by atoms with Crippen molar-refractivity contribution in [3.8, 4) is 0 Å². The van der Waals surface area contributed by atoms with E-state index in [0.717, 1.165) is 11.1 Å². The second kappa shape index (κ2) is 2.77. The number of oxazole rings is 1. The van der Waals surface area contributed by atoms with Crippen molar-refractivity contribution in [1.29, 1.82) is 0 Å². The van der Waals surface area contributed by atoms with Gasteiger partial charge >= 0.3 is 0 Å². The first kappa shape index (κ1) is 7.03. The van der Waals surface area contributed by atoms with Crippen LogP contribution in [-0.4, -0.2) is 11.7 Å². The van der Waals surface area contributed by atoms with E-state index in [2.05, 4.69) is 16.7 Å². The maximum Gasteiger partial charge on any atom is 0.217 e. The predicted octanol–water partition coefficient (Wildman–Crippen LogP) is 2.03. The third kappa shape index (κ3) is 1.09. The highest BCUT2D eigenvalue weighted by Gasteiger charge is 2.01. The molecule has 0 unspecified atom stereocenters. The van der Waals surface area contributed by atoms with Gasteiger partial charge in [-0.15, -0.1) is 0 Å². The molecule has 0 saturated heterocycles. The molecule has 0 aliphatic heterocycles. The fraction of sp³-hybridized carbons (Fsp3) is 0.111. The Balaban J connectivity index is 2.54. The van der Waals surface area contributed by atoms with Gasteiger partial charge in [0.2, 0.25) is 5.89 Å². The Morgan fingerprint density at radius 2 is 2.25 bits per heavy atom. The first-order chi connectivity index (χ1) is 5.90. The average Bonchev–Trinajstić information content (AvgIpc) is 2.47. The smallest absolute Gasteiger partial charge is 0.217 e. The van der Waals surface area contributed by atoms with Crippen molar-refractivity contribution in [2.75, 3.05) is 0 Å². The molecular formula is C9H8N2O. The van der Waals surface area contributed by atoms with E-state index in [0.29, 0.717) is 12.4 Å². The van der Waals surface area contributed by atoms with Crippen molar-refractivity contribution >= 4 is 17.8 Å². The lowest BCUT2D eigenvalue weighted by atomic mass is 10.3. The van der Waals surface area contributed by atoms with E-state index in [9.17, 15) is 0 Å². The standard InChI is InChI=1S/C9H8N2O/c1-10-6-9-11-7-4-2-3-5-8(7)12-9/h2-5H,1,6H2. The fourth-order valence-electron chi connectivity index (χ4n) is 1.08. The highest BCUT2D eigenvalue weighted by molar-refractivity contribution is 5.72. The topological polar surface area (TPSA) is 38.4 Å². The molecule has 0 radical (unpaired) electrons. The summed E-state index contributed by atoms with van der Waals surface area (Å²) < 4.78 is 5.36. The van der Waals surface area contributed by atoms with Gasteiger partial charge in [0, 0.05) is 0 Å². The molecule has 3 nitrogen and oxygen atoms in total. The molecule has 0 fully saturated rings. The van der Waals surface area contributed by atoms with Gasteiger partial charge in [-0.3, -0.25) is 4.99 Å². The summed E-state index contributed by atoms with van der Waals surface area (Å²) in [4.78, 5) is 7.90. The van der Waals surface area contributed by atoms with Crippen LogP contribution in [0.25, 0.3) is 11.1 Å². The maximum atomic E-state index is 5.36. The van der Waals surface area contributed by atoms with E-state index in [1.165, 1.54) is 0 Å². The number of hydrogen-bond acceptors (Lipinski definition) is 3. The second-order valence-electron chi connectivity index (χ2n) is 2.46. The van der Waals surface area contributed by atoms with Crippen molar-refractivity contribution < 1.29 is 4.42 Å². The van der Waals surface area contributed by atoms with Crippen molar-refractivity contribution in [2.24, 2.45) is 4.99 Å². The van der Waals surface area contributed by atoms with E-state index in [-0.39, 0.29) is 0 Å². The number of para-hydroxylation sites is 2. The van der Waals surface area contributed by atoms with Crippen LogP contribution in [0, 0.1) is 0 Å². The molecular weight excluding hydrogens is 152 g/mol. The molecule has 60 valence electrons. The first-order valence-corrected chi connectivity index (χ1v) is 3.67. The molecule has 2 aromatic rings. The maximum absolute atomic E-state index is 5.36. The summed E-state index contributed by atoms with van der Waals surface area (Å²) in [6, 6.07) is 7.63. The number of benzene rings is 1. The van der Waals surface area contributed by atoms with Gasteiger partial charge in [0.05, 0.1) is 0 Å². The Morgan fingerprint density at radius 1 is 1.42 bits per heavy atom. The van der Waals surface area contributed by atoms with Crippen LogP contribution in [0.3, 0.4) is 0 Å². The molecule has 3 heteroatoms. The van der Waals surface area contributed by atoms with Crippen molar-refractivity contribution in [3.05, 3.63) is 30.2 Å². The molecule has 0 amide bonds. The van der Waals surface area contributed by atoms with Gasteiger partial charge in [0.25, 0.3) is 0 Å². The van der Waals surface area contributed by atoms with Gasteiger partial charge in [-0.1, -0.05) is 12.1 Å². The summed E-state index contributed by atoms with van der Waals surface area (Å²) in [5.41, 5.74) is 1.67. The Labute approximate surface area is 69.8 Å². The third-order valence-corrected chi connectivity index (χ3v) is 1.59. The molecule has 2 rings (SSSR count). The Bertz CT molecular complexity index is 373. The number of nitrogens with zero attached hydrogens (tertiary/aromatic N) is 2. The summed E-state index contributed by atoms with van der Waals surface area (Å²) in [6.07, 6.45) is 0. The predicted molar refractivity (Wildman–Crippen MR) is 47.3 cm³/mol. The lowest BCUT2D eigenvalue weighted by Gasteiger charge is -1.82. The zero-order valence-electron chi connectivity index (χ0n) is 6.53. The van der Waals surface area contributed by atoms with Crippen molar-refractivity contribution in [3.63, 3.8) is 0 Å². The van der Waals surface area contributed by atoms with Crippen LogP contribution in [-0.2, 0) is 6.54 Å². The van der Waals surface area contributed by atoms with Crippen LogP contribution >= 0.6 is 0 Å². The monoisotopic (exact) mass is 160 g/mol. The zero-order valence-corrected chi connectivity index (χ0v) is 6.53. The van der Waals surface area contributed by atoms with Crippen LogP contribution in [0.5, 0.6) is 0 Å². The highest BCUT2D eigenvalue weighted by Crippen LogP contribution is 2.14. The minimum atomic E-state index is 0.439. The lowest BCUT2D eigenvalue weighted by Crippen LogP contribution is -1.77. The minimum Gasteiger partial charge on any atom is -0.439 e. The van der Waals surface area contributed by atoms with E-state index in [1.807, 2.05) is 24.3 Å². The first-order valence-electron chi connectivity index (χ1n) is 3.67. The SMILES string of the molecule is C=NCc1nc2ccccc2o1. The quantitative estimate of drug-likeness (QED) is 0.630. The van der Waals surface area contributed by atoms with Crippen molar-refractivity contribution in [2.45, 2.75) is 6.54 Å². The van der Waals surface area contributed by atoms with E-state index in [4.69, 9.17) is 4.42 Å². The van der Waals surface area contributed by atoms with Crippen LogP contribution < -0.4 is 0 Å². The van der Waals surface area contributed by atoms with Gasteiger partial charge < -0.3 is 4.42 Å². The summed E-state index contributed by atoms with van der Waals surface area (Å²) in [6.45, 7) is 3.82. The molecule has 0 N–H and O–H groups in total. The molecule has 1 aromatic heterocycles. The summed E-state index contributed by atoms with van der Waals surface area (Å²) >= 11 is 0. The second-order valence-corrected chi connectivity index (χ2v) is 2.46. The van der Waals surface area contributed by atoms with Gasteiger partial charge in [0.15, 0.2) is 5.58 Å². The summed E-state index contributed by atoms with van der Waals surface area (Å²) in [5.74, 6) is 0.617. The van der Waals surface area contributed by atoms with Gasteiger partial charge in [-0.25, -0.2) is 4.98 Å². The Kier molecular flexibility index (Phi) is 1.63. The lowest BCUT2D eigenvalue weighted by molar-refractivity contribution is 0.534. The highest BCUT2D eigenvalue weighted by atomic mass is 16.3. The fourth-order valence-corrected chi connectivity index (χ4v) is 1.08. The molecule has 0 atom stereocenters. The van der Waals surface area contributed by atoms with E-state index >= 15 is 0 Å². The Morgan fingerprint density at radius 3 is 3.00 bits per heavy atom. The van der Waals surface area contributed by atoms with Gasteiger partial charge in [0.1, 0.15) is 12.1 Å². The van der Waals surface area contributed by atoms with Gasteiger partial charge in [-0.2, -0.15) is 0 Å². The zero-order chi connectivity index (χ0) is 8.39.